The van der Waals surface area contributed by atoms with E-state index in [9.17, 15) is 4.79 Å². The van der Waals surface area contributed by atoms with Crippen molar-refractivity contribution in [2.45, 2.75) is 39.5 Å². The van der Waals surface area contributed by atoms with Crippen molar-refractivity contribution < 1.29 is 4.79 Å². The number of anilines is 2. The number of carbonyl (C=O) groups is 1. The van der Waals surface area contributed by atoms with Crippen molar-refractivity contribution in [2.75, 3.05) is 30.7 Å². The Morgan fingerprint density at radius 1 is 1.50 bits per heavy atom. The van der Waals surface area contributed by atoms with Gasteiger partial charge in [-0.1, -0.05) is 25.2 Å². The molecule has 1 aliphatic rings. The van der Waals surface area contributed by atoms with Crippen LogP contribution in [0.2, 0.25) is 0 Å². The molecule has 0 bridgehead atoms. The number of aromatic nitrogens is 1. The van der Waals surface area contributed by atoms with E-state index in [1.165, 1.54) is 17.8 Å². The standard InChI is InChI=1S/C14H24N4OS/c1-3-7-16-14-17-12(15)11(20-14)13(19)18-8-4-5-10(2)6-9-18/h10H,3-9,15H2,1-2H3,(H,16,17). The second-order valence-electron chi connectivity index (χ2n) is 5.49. The number of nitrogens with one attached hydrogen (secondary N) is 1. The maximum absolute atomic E-state index is 12.6. The van der Waals surface area contributed by atoms with E-state index in [2.05, 4.69) is 24.1 Å². The number of rotatable bonds is 4. The Hall–Kier alpha value is -1.30. The molecule has 1 unspecified atom stereocenters. The van der Waals surface area contributed by atoms with Crippen LogP contribution in [0.5, 0.6) is 0 Å². The summed E-state index contributed by atoms with van der Waals surface area (Å²) in [5, 5.41) is 3.94. The average Bonchev–Trinajstić information content (AvgIpc) is 2.65. The van der Waals surface area contributed by atoms with Crippen LogP contribution in [0.4, 0.5) is 10.9 Å². The summed E-state index contributed by atoms with van der Waals surface area (Å²) >= 11 is 1.37. The third-order valence-corrected chi connectivity index (χ3v) is 4.69. The van der Waals surface area contributed by atoms with Gasteiger partial charge in [0.2, 0.25) is 0 Å². The van der Waals surface area contributed by atoms with Gasteiger partial charge in [0.15, 0.2) is 5.13 Å². The van der Waals surface area contributed by atoms with Gasteiger partial charge in [0.25, 0.3) is 5.91 Å². The number of hydrogen-bond donors (Lipinski definition) is 2. The Morgan fingerprint density at radius 2 is 2.30 bits per heavy atom. The summed E-state index contributed by atoms with van der Waals surface area (Å²) in [4.78, 5) is 19.3. The lowest BCUT2D eigenvalue weighted by Gasteiger charge is -2.19. The predicted octanol–water partition coefficient (Wildman–Crippen LogP) is 2.81. The number of nitrogens with zero attached hydrogens (tertiary/aromatic N) is 2. The van der Waals surface area contributed by atoms with E-state index in [1.54, 1.807) is 0 Å². The van der Waals surface area contributed by atoms with Crippen LogP contribution in [0.15, 0.2) is 0 Å². The van der Waals surface area contributed by atoms with Gasteiger partial charge in [-0.25, -0.2) is 4.98 Å². The number of likely N-dealkylation sites (tertiary alicyclic amines) is 1. The monoisotopic (exact) mass is 296 g/mol. The van der Waals surface area contributed by atoms with Crippen molar-refractivity contribution in [3.05, 3.63) is 4.88 Å². The lowest BCUT2D eigenvalue weighted by atomic mass is 10.0. The largest absolute Gasteiger partial charge is 0.382 e. The first kappa shape index (κ1) is 15.1. The Morgan fingerprint density at radius 3 is 3.05 bits per heavy atom. The molecule has 20 heavy (non-hydrogen) atoms. The van der Waals surface area contributed by atoms with Gasteiger partial charge in [-0.2, -0.15) is 0 Å². The van der Waals surface area contributed by atoms with Crippen LogP contribution in [-0.2, 0) is 0 Å². The minimum Gasteiger partial charge on any atom is -0.382 e. The summed E-state index contributed by atoms with van der Waals surface area (Å²) in [7, 11) is 0. The van der Waals surface area contributed by atoms with E-state index in [1.807, 2.05) is 4.90 Å². The quantitative estimate of drug-likeness (QED) is 0.896. The first-order chi connectivity index (χ1) is 9.61. The summed E-state index contributed by atoms with van der Waals surface area (Å²) in [6.07, 6.45) is 4.37. The molecule has 112 valence electrons. The lowest BCUT2D eigenvalue weighted by molar-refractivity contribution is 0.0766. The van der Waals surface area contributed by atoms with Crippen LogP contribution in [-0.4, -0.2) is 35.4 Å². The second kappa shape index (κ2) is 6.92. The molecule has 2 heterocycles. The molecule has 3 N–H and O–H groups in total. The molecule has 1 atom stereocenters. The smallest absolute Gasteiger partial charge is 0.267 e. The van der Waals surface area contributed by atoms with E-state index >= 15 is 0 Å². The maximum atomic E-state index is 12.6. The molecule has 0 aromatic carbocycles. The van der Waals surface area contributed by atoms with Crippen LogP contribution in [0.25, 0.3) is 0 Å². The zero-order chi connectivity index (χ0) is 14.5. The van der Waals surface area contributed by atoms with Crippen molar-refractivity contribution >= 4 is 28.2 Å². The molecule has 2 rings (SSSR count). The van der Waals surface area contributed by atoms with E-state index < -0.39 is 0 Å². The topological polar surface area (TPSA) is 71.2 Å². The van der Waals surface area contributed by atoms with Gasteiger partial charge in [0, 0.05) is 19.6 Å². The fourth-order valence-corrected chi connectivity index (χ4v) is 3.28. The molecule has 6 heteroatoms. The Bertz CT molecular complexity index is 460. The molecule has 0 aliphatic carbocycles. The van der Waals surface area contributed by atoms with Gasteiger partial charge >= 0.3 is 0 Å². The first-order valence-electron chi connectivity index (χ1n) is 7.41. The third kappa shape index (κ3) is 3.62. The highest BCUT2D eigenvalue weighted by molar-refractivity contribution is 7.18. The summed E-state index contributed by atoms with van der Waals surface area (Å²) in [6.45, 7) is 6.85. The predicted molar refractivity (Wildman–Crippen MR) is 84.2 cm³/mol. The van der Waals surface area contributed by atoms with Gasteiger partial charge in [-0.3, -0.25) is 4.79 Å². The maximum Gasteiger partial charge on any atom is 0.267 e. The number of hydrogen-bond acceptors (Lipinski definition) is 5. The van der Waals surface area contributed by atoms with Crippen molar-refractivity contribution in [1.29, 1.82) is 0 Å². The van der Waals surface area contributed by atoms with Crippen LogP contribution in [0.3, 0.4) is 0 Å². The fourth-order valence-electron chi connectivity index (χ4n) is 2.40. The first-order valence-corrected chi connectivity index (χ1v) is 8.23. The van der Waals surface area contributed by atoms with Gasteiger partial charge in [0.1, 0.15) is 10.7 Å². The number of nitrogens with two attached hydrogens (primary N) is 1. The Balaban J connectivity index is 2.06. The van der Waals surface area contributed by atoms with E-state index in [0.29, 0.717) is 16.6 Å². The molecule has 0 saturated carbocycles. The van der Waals surface area contributed by atoms with Crippen LogP contribution < -0.4 is 11.1 Å². The summed E-state index contributed by atoms with van der Waals surface area (Å²) in [6, 6.07) is 0. The minimum absolute atomic E-state index is 0.0404. The molecular formula is C14H24N4OS. The average molecular weight is 296 g/mol. The molecule has 1 aromatic rings. The highest BCUT2D eigenvalue weighted by Crippen LogP contribution is 2.27. The van der Waals surface area contributed by atoms with Crippen LogP contribution >= 0.6 is 11.3 Å². The number of amides is 1. The molecule has 0 radical (unpaired) electrons. The molecule has 1 saturated heterocycles. The third-order valence-electron chi connectivity index (χ3n) is 3.68. The Kier molecular flexibility index (Phi) is 5.23. The molecule has 1 aliphatic heterocycles. The molecule has 0 spiro atoms. The lowest BCUT2D eigenvalue weighted by Crippen LogP contribution is -2.31. The second-order valence-corrected chi connectivity index (χ2v) is 6.49. The summed E-state index contributed by atoms with van der Waals surface area (Å²) < 4.78 is 0. The zero-order valence-electron chi connectivity index (χ0n) is 12.3. The van der Waals surface area contributed by atoms with Gasteiger partial charge in [-0.15, -0.1) is 0 Å². The molecule has 1 aromatic heterocycles. The van der Waals surface area contributed by atoms with Crippen molar-refractivity contribution in [1.82, 2.24) is 9.88 Å². The SMILES string of the molecule is CCCNc1nc(N)c(C(=O)N2CCCC(C)CC2)s1. The normalized spacial score (nSPS) is 19.7. The summed E-state index contributed by atoms with van der Waals surface area (Å²) in [5.74, 6) is 1.10. The van der Waals surface area contributed by atoms with Crippen molar-refractivity contribution in [3.63, 3.8) is 0 Å². The van der Waals surface area contributed by atoms with Gasteiger partial charge < -0.3 is 16.0 Å². The number of carbonyl (C=O) groups excluding carboxylic acids is 1. The van der Waals surface area contributed by atoms with Gasteiger partial charge in [0.05, 0.1) is 0 Å². The van der Waals surface area contributed by atoms with Crippen molar-refractivity contribution in [2.24, 2.45) is 5.92 Å². The molecule has 1 amide bonds. The van der Waals surface area contributed by atoms with E-state index in [4.69, 9.17) is 5.73 Å². The Labute approximate surface area is 124 Å². The number of thiazole rings is 1. The fraction of sp³-hybridized carbons (Fsp3) is 0.714. The van der Waals surface area contributed by atoms with Crippen molar-refractivity contribution in [3.8, 4) is 0 Å². The summed E-state index contributed by atoms with van der Waals surface area (Å²) in [5.41, 5.74) is 5.90. The van der Waals surface area contributed by atoms with Gasteiger partial charge in [-0.05, 0) is 31.6 Å². The highest BCUT2D eigenvalue weighted by Gasteiger charge is 2.24. The molecule has 1 fully saturated rings. The number of nitrogen functional groups attached to an aromatic ring is 1. The zero-order valence-corrected chi connectivity index (χ0v) is 13.1. The van der Waals surface area contributed by atoms with E-state index in [0.717, 1.165) is 44.0 Å². The van der Waals surface area contributed by atoms with E-state index in [-0.39, 0.29) is 5.91 Å². The van der Waals surface area contributed by atoms with Crippen LogP contribution in [0.1, 0.15) is 49.2 Å². The van der Waals surface area contributed by atoms with Crippen LogP contribution in [0, 0.1) is 5.92 Å². The minimum atomic E-state index is 0.0404. The molecular weight excluding hydrogens is 272 g/mol. The molecule has 5 nitrogen and oxygen atoms in total. The highest BCUT2D eigenvalue weighted by atomic mass is 32.1.